The number of ether oxygens (including phenoxy) is 2. The second-order valence-electron chi connectivity index (χ2n) is 8.93. The van der Waals surface area contributed by atoms with Gasteiger partial charge < -0.3 is 19.5 Å². The minimum atomic E-state index is -0.772. The lowest BCUT2D eigenvalue weighted by molar-refractivity contribution is -0.0326. The van der Waals surface area contributed by atoms with Crippen molar-refractivity contribution < 1.29 is 19.4 Å². The Morgan fingerprint density at radius 3 is 2.27 bits per heavy atom. The molecule has 0 bridgehead atoms. The van der Waals surface area contributed by atoms with Crippen molar-refractivity contribution in [2.24, 2.45) is 5.41 Å². The van der Waals surface area contributed by atoms with Crippen molar-refractivity contribution in [2.75, 3.05) is 33.9 Å². The molecule has 0 radical (unpaired) electrons. The molecule has 5 nitrogen and oxygen atoms in total. The number of hydrogen-bond acceptors (Lipinski definition) is 5. The van der Waals surface area contributed by atoms with E-state index in [0.29, 0.717) is 30.9 Å². The number of nitrogens with zero attached hydrogens (tertiary/aromatic N) is 1. The molecular weight excluding hydrogens is 378 g/mol. The number of Topliss-reactive ketones (excluding diaryl/α,β-unsaturated/α-hetero) is 1. The third-order valence-corrected chi connectivity index (χ3v) is 6.92. The van der Waals surface area contributed by atoms with Crippen molar-refractivity contribution in [1.29, 1.82) is 0 Å². The van der Waals surface area contributed by atoms with E-state index in [1.54, 1.807) is 14.2 Å². The molecule has 1 atom stereocenters. The van der Waals surface area contributed by atoms with Gasteiger partial charge in [-0.3, -0.25) is 4.79 Å². The molecular formula is C25H31NO4. The lowest BCUT2D eigenvalue weighted by Crippen LogP contribution is -2.49. The maximum absolute atomic E-state index is 13.5. The highest BCUT2D eigenvalue weighted by Crippen LogP contribution is 2.42. The number of piperidine rings is 1. The Hall–Kier alpha value is -2.37. The van der Waals surface area contributed by atoms with Gasteiger partial charge in [0.1, 0.15) is 0 Å². The Bertz CT molecular complexity index is 918. The number of carbonyl (C=O) groups is 1. The highest BCUT2D eigenvalue weighted by atomic mass is 16.5. The second-order valence-corrected chi connectivity index (χ2v) is 8.93. The molecule has 5 heteroatoms. The van der Waals surface area contributed by atoms with Gasteiger partial charge in [0.2, 0.25) is 0 Å². The molecule has 30 heavy (non-hydrogen) atoms. The SMILES string of the molecule is COc1cc2c(cc1OC)C(=O)C(C)(CN1CCC(O)(c3ccccc3)CC1)CC2. The molecule has 0 spiro atoms. The van der Waals surface area contributed by atoms with Gasteiger partial charge in [0.25, 0.3) is 0 Å². The lowest BCUT2D eigenvalue weighted by atomic mass is 9.71. The van der Waals surface area contributed by atoms with Gasteiger partial charge in [0.05, 0.1) is 19.8 Å². The molecule has 160 valence electrons. The van der Waals surface area contributed by atoms with E-state index in [4.69, 9.17) is 9.47 Å². The predicted molar refractivity (Wildman–Crippen MR) is 116 cm³/mol. The van der Waals surface area contributed by atoms with Crippen molar-refractivity contribution in [2.45, 2.75) is 38.2 Å². The molecule has 2 aromatic rings. The van der Waals surface area contributed by atoms with E-state index in [9.17, 15) is 9.90 Å². The molecule has 1 fully saturated rings. The number of rotatable bonds is 5. The largest absolute Gasteiger partial charge is 0.493 e. The van der Waals surface area contributed by atoms with E-state index in [1.165, 1.54) is 0 Å². The van der Waals surface area contributed by atoms with Crippen LogP contribution in [-0.4, -0.2) is 49.6 Å². The Labute approximate surface area is 178 Å². The Balaban J connectivity index is 1.48. The molecule has 2 aliphatic rings. The summed E-state index contributed by atoms with van der Waals surface area (Å²) in [4.78, 5) is 15.8. The highest BCUT2D eigenvalue weighted by molar-refractivity contribution is 6.03. The molecule has 1 aliphatic carbocycles. The van der Waals surface area contributed by atoms with Crippen LogP contribution in [0.15, 0.2) is 42.5 Å². The number of likely N-dealkylation sites (tertiary alicyclic amines) is 1. The number of fused-ring (bicyclic) bond motifs is 1. The number of carbonyl (C=O) groups excluding carboxylic acids is 1. The summed E-state index contributed by atoms with van der Waals surface area (Å²) in [5.74, 6) is 1.44. The zero-order valence-corrected chi connectivity index (χ0v) is 18.1. The van der Waals surface area contributed by atoms with E-state index in [-0.39, 0.29) is 5.78 Å². The van der Waals surface area contributed by atoms with Gasteiger partial charge in [-0.05, 0) is 48.9 Å². The first kappa shape index (κ1) is 20.9. The number of aliphatic hydroxyl groups is 1. The summed E-state index contributed by atoms with van der Waals surface area (Å²) in [7, 11) is 3.21. The van der Waals surface area contributed by atoms with Crippen LogP contribution in [0.1, 0.15) is 47.7 Å². The smallest absolute Gasteiger partial charge is 0.170 e. The third kappa shape index (κ3) is 3.72. The number of ketones is 1. The summed E-state index contributed by atoms with van der Waals surface area (Å²) < 4.78 is 10.8. The zero-order valence-electron chi connectivity index (χ0n) is 18.1. The topological polar surface area (TPSA) is 59.0 Å². The van der Waals surface area contributed by atoms with Crippen molar-refractivity contribution in [3.05, 3.63) is 59.2 Å². The maximum atomic E-state index is 13.5. The molecule has 1 saturated heterocycles. The molecule has 4 rings (SSSR count). The van der Waals surface area contributed by atoms with Gasteiger partial charge in [-0.15, -0.1) is 0 Å². The van der Waals surface area contributed by atoms with E-state index in [2.05, 4.69) is 11.8 Å². The summed E-state index contributed by atoms with van der Waals surface area (Å²) in [5, 5.41) is 11.1. The number of hydrogen-bond donors (Lipinski definition) is 1. The molecule has 1 heterocycles. The molecule has 1 aliphatic heterocycles. The molecule has 2 aromatic carbocycles. The van der Waals surface area contributed by atoms with Crippen molar-refractivity contribution >= 4 is 5.78 Å². The van der Waals surface area contributed by atoms with Crippen LogP contribution >= 0.6 is 0 Å². The first-order valence-electron chi connectivity index (χ1n) is 10.7. The van der Waals surface area contributed by atoms with Crippen LogP contribution in [-0.2, 0) is 12.0 Å². The van der Waals surface area contributed by atoms with Gasteiger partial charge in [-0.1, -0.05) is 37.3 Å². The normalized spacial score (nSPS) is 23.7. The minimum Gasteiger partial charge on any atom is -0.493 e. The number of benzene rings is 2. The first-order valence-corrected chi connectivity index (χ1v) is 10.7. The van der Waals surface area contributed by atoms with Crippen LogP contribution in [0, 0.1) is 5.41 Å². The van der Waals surface area contributed by atoms with Crippen LogP contribution in [0.4, 0.5) is 0 Å². The number of methoxy groups -OCH3 is 2. The Morgan fingerprint density at radius 1 is 1.00 bits per heavy atom. The first-order chi connectivity index (χ1) is 14.4. The van der Waals surface area contributed by atoms with Crippen molar-refractivity contribution in [1.82, 2.24) is 4.90 Å². The van der Waals surface area contributed by atoms with E-state index < -0.39 is 11.0 Å². The fourth-order valence-electron chi connectivity index (χ4n) is 4.95. The van der Waals surface area contributed by atoms with Gasteiger partial charge in [-0.25, -0.2) is 0 Å². The summed E-state index contributed by atoms with van der Waals surface area (Å²) in [6, 6.07) is 13.7. The summed E-state index contributed by atoms with van der Waals surface area (Å²) in [6.07, 6.45) is 3.03. The summed E-state index contributed by atoms with van der Waals surface area (Å²) in [5.41, 5.74) is 1.56. The fourth-order valence-corrected chi connectivity index (χ4v) is 4.95. The van der Waals surface area contributed by atoms with E-state index in [0.717, 1.165) is 42.6 Å². The highest BCUT2D eigenvalue weighted by Gasteiger charge is 2.42. The summed E-state index contributed by atoms with van der Waals surface area (Å²) >= 11 is 0. The van der Waals surface area contributed by atoms with E-state index >= 15 is 0 Å². The Kier molecular flexibility index (Phi) is 5.60. The molecule has 0 saturated carbocycles. The van der Waals surface area contributed by atoms with Crippen molar-refractivity contribution in [3.63, 3.8) is 0 Å². The van der Waals surface area contributed by atoms with Crippen LogP contribution in [0.3, 0.4) is 0 Å². The maximum Gasteiger partial charge on any atom is 0.170 e. The number of aryl methyl sites for hydroxylation is 1. The average molecular weight is 410 g/mol. The van der Waals surface area contributed by atoms with Gasteiger partial charge in [0, 0.05) is 30.6 Å². The van der Waals surface area contributed by atoms with Crippen LogP contribution < -0.4 is 9.47 Å². The monoisotopic (exact) mass is 409 g/mol. The van der Waals surface area contributed by atoms with Gasteiger partial charge >= 0.3 is 0 Å². The quantitative estimate of drug-likeness (QED) is 0.814. The fraction of sp³-hybridized carbons (Fsp3) is 0.480. The summed E-state index contributed by atoms with van der Waals surface area (Å²) in [6.45, 7) is 4.36. The average Bonchev–Trinajstić information content (AvgIpc) is 2.78. The van der Waals surface area contributed by atoms with Crippen LogP contribution in [0.25, 0.3) is 0 Å². The molecule has 1 unspecified atom stereocenters. The minimum absolute atomic E-state index is 0.175. The lowest BCUT2D eigenvalue weighted by Gasteiger charge is -2.43. The van der Waals surface area contributed by atoms with Crippen LogP contribution in [0.2, 0.25) is 0 Å². The Morgan fingerprint density at radius 2 is 1.63 bits per heavy atom. The van der Waals surface area contributed by atoms with E-state index in [1.807, 2.05) is 42.5 Å². The second kappa shape index (κ2) is 8.05. The third-order valence-electron chi connectivity index (χ3n) is 6.92. The molecule has 1 N–H and O–H groups in total. The van der Waals surface area contributed by atoms with Crippen LogP contribution in [0.5, 0.6) is 11.5 Å². The zero-order chi connectivity index (χ0) is 21.4. The van der Waals surface area contributed by atoms with Crippen molar-refractivity contribution in [3.8, 4) is 11.5 Å². The van der Waals surface area contributed by atoms with Gasteiger partial charge in [0.15, 0.2) is 17.3 Å². The standard InChI is InChI=1S/C25H31NO4/c1-24(10-9-18-15-21(29-2)22(30-3)16-20(18)23(24)27)17-26-13-11-25(28,12-14-26)19-7-5-4-6-8-19/h4-8,15-16,28H,9-14,17H2,1-3H3. The predicted octanol–water partition coefficient (Wildman–Crippen LogP) is 3.82. The molecule has 0 aromatic heterocycles. The molecule has 0 amide bonds. The van der Waals surface area contributed by atoms with Gasteiger partial charge in [-0.2, -0.15) is 0 Å².